The topological polar surface area (TPSA) is 66.5 Å². The van der Waals surface area contributed by atoms with Crippen molar-refractivity contribution in [1.82, 2.24) is 4.83 Å². The second kappa shape index (κ2) is 18.1. The Bertz CT molecular complexity index is 692. The molecule has 1 aromatic carbocycles. The highest BCUT2D eigenvalue weighted by atomic mass is 32.2. The molecule has 32 heavy (non-hydrogen) atoms. The average Bonchev–Trinajstić information content (AvgIpc) is 2.80. The van der Waals surface area contributed by atoms with Crippen LogP contribution in [0.25, 0.3) is 0 Å². The van der Waals surface area contributed by atoms with Crippen LogP contribution in [0.4, 0.5) is 5.69 Å². The van der Waals surface area contributed by atoms with Crippen molar-refractivity contribution in [2.45, 2.75) is 117 Å². The van der Waals surface area contributed by atoms with Gasteiger partial charge in [-0.25, -0.2) is 13.4 Å². The summed E-state index contributed by atoms with van der Waals surface area (Å²) in [5, 5.41) is 1.18. The van der Waals surface area contributed by atoms with Gasteiger partial charge in [0.1, 0.15) is 0 Å². The fourth-order valence-electron chi connectivity index (χ4n) is 3.79. The Hall–Kier alpha value is -1.40. The first-order valence-corrected chi connectivity index (χ1v) is 14.5. The molecule has 0 aliphatic heterocycles. The maximum Gasteiger partial charge on any atom is 0.242 e. The second-order valence-electron chi connectivity index (χ2n) is 8.76. The molecule has 0 saturated heterocycles. The van der Waals surface area contributed by atoms with Crippen molar-refractivity contribution in [3.8, 4) is 0 Å². The van der Waals surface area contributed by atoms with E-state index in [9.17, 15) is 13.2 Å². The monoisotopic (exact) mass is 466 g/mol. The normalized spacial score (nSPS) is 11.6. The van der Waals surface area contributed by atoms with Crippen molar-refractivity contribution in [3.63, 3.8) is 0 Å². The Labute approximate surface area is 197 Å². The molecule has 1 aromatic rings. The molecule has 0 heterocycles. The summed E-state index contributed by atoms with van der Waals surface area (Å²) in [6.07, 6.45) is 19.5. The molecule has 0 aliphatic rings. The highest BCUT2D eigenvalue weighted by Gasteiger charge is 2.20. The van der Waals surface area contributed by atoms with Crippen molar-refractivity contribution < 1.29 is 13.2 Å². The van der Waals surface area contributed by atoms with E-state index in [2.05, 4.69) is 11.8 Å². The summed E-state index contributed by atoms with van der Waals surface area (Å²) in [4.78, 5) is 15.1. The van der Waals surface area contributed by atoms with Gasteiger partial charge in [-0.1, -0.05) is 115 Å². The van der Waals surface area contributed by atoms with Gasteiger partial charge in [0.05, 0.1) is 11.4 Å². The number of amides is 1. The molecule has 0 unspecified atom stereocenters. The van der Waals surface area contributed by atoms with Gasteiger partial charge in [-0.15, -0.1) is 4.83 Å². The quantitative estimate of drug-likeness (QED) is 0.164. The first kappa shape index (κ1) is 28.6. The van der Waals surface area contributed by atoms with E-state index in [0.29, 0.717) is 12.1 Å². The van der Waals surface area contributed by atoms with Crippen LogP contribution in [0.2, 0.25) is 0 Å². The lowest BCUT2D eigenvalue weighted by atomic mass is 10.0. The Morgan fingerprint density at radius 3 is 1.59 bits per heavy atom. The zero-order chi connectivity index (χ0) is 23.5. The second-order valence-corrected chi connectivity index (χ2v) is 10.7. The number of carbonyl (C=O) groups excluding carboxylic acids is 1. The number of nitrogens with zero attached hydrogens (tertiary/aromatic N) is 1. The SMILES string of the molecule is CCCCCCCCCCCCCCCCCC(=O)N(NS(=O)(=O)CC)c1ccccc1. The number of hydrogen-bond donors (Lipinski definition) is 1. The van der Waals surface area contributed by atoms with Gasteiger partial charge in [-0.05, 0) is 25.5 Å². The minimum atomic E-state index is -3.52. The first-order valence-electron chi connectivity index (χ1n) is 12.9. The van der Waals surface area contributed by atoms with E-state index in [1.807, 2.05) is 6.07 Å². The smallest absolute Gasteiger partial charge is 0.242 e. The van der Waals surface area contributed by atoms with E-state index in [4.69, 9.17) is 0 Å². The molecular weight excluding hydrogens is 420 g/mol. The van der Waals surface area contributed by atoms with Crippen LogP contribution in [0.3, 0.4) is 0 Å². The zero-order valence-electron chi connectivity index (χ0n) is 20.5. The third-order valence-corrected chi connectivity index (χ3v) is 7.09. The van der Waals surface area contributed by atoms with Crippen molar-refractivity contribution in [1.29, 1.82) is 0 Å². The number of hydrazine groups is 1. The minimum Gasteiger partial charge on any atom is -0.273 e. The van der Waals surface area contributed by atoms with Crippen LogP contribution < -0.4 is 9.84 Å². The van der Waals surface area contributed by atoms with Crippen LogP contribution in [0.5, 0.6) is 0 Å². The van der Waals surface area contributed by atoms with Gasteiger partial charge in [0, 0.05) is 6.42 Å². The summed E-state index contributed by atoms with van der Waals surface area (Å²) < 4.78 is 24.0. The van der Waals surface area contributed by atoms with E-state index in [1.165, 1.54) is 82.1 Å². The van der Waals surface area contributed by atoms with E-state index in [1.54, 1.807) is 31.2 Å². The van der Waals surface area contributed by atoms with Gasteiger partial charge < -0.3 is 0 Å². The summed E-state index contributed by atoms with van der Waals surface area (Å²) in [5.41, 5.74) is 0.551. The fourth-order valence-corrected chi connectivity index (χ4v) is 4.40. The van der Waals surface area contributed by atoms with Crippen molar-refractivity contribution in [3.05, 3.63) is 30.3 Å². The van der Waals surface area contributed by atoms with Gasteiger partial charge in [0.2, 0.25) is 15.9 Å². The van der Waals surface area contributed by atoms with Crippen LogP contribution in [0, 0.1) is 0 Å². The number of anilines is 1. The Morgan fingerprint density at radius 2 is 1.16 bits per heavy atom. The molecule has 0 saturated carbocycles. The van der Waals surface area contributed by atoms with Gasteiger partial charge >= 0.3 is 0 Å². The number of rotatable bonds is 20. The van der Waals surface area contributed by atoms with E-state index in [-0.39, 0.29) is 11.7 Å². The molecule has 1 rings (SSSR count). The number of nitrogens with one attached hydrogen (secondary N) is 1. The lowest BCUT2D eigenvalue weighted by Crippen LogP contribution is -2.47. The molecule has 1 N–H and O–H groups in total. The first-order chi connectivity index (χ1) is 15.5. The van der Waals surface area contributed by atoms with E-state index in [0.717, 1.165) is 19.3 Å². The zero-order valence-corrected chi connectivity index (χ0v) is 21.3. The van der Waals surface area contributed by atoms with Crippen molar-refractivity contribution in [2.75, 3.05) is 10.8 Å². The van der Waals surface area contributed by atoms with E-state index >= 15 is 0 Å². The average molecular weight is 467 g/mol. The lowest BCUT2D eigenvalue weighted by molar-refractivity contribution is -0.119. The van der Waals surface area contributed by atoms with Crippen molar-refractivity contribution >= 4 is 21.6 Å². The Morgan fingerprint density at radius 1 is 0.719 bits per heavy atom. The third kappa shape index (κ3) is 13.9. The van der Waals surface area contributed by atoms with Gasteiger partial charge in [0.15, 0.2) is 0 Å². The molecule has 184 valence electrons. The number of para-hydroxylation sites is 1. The number of carbonyl (C=O) groups is 1. The standard InChI is InChI=1S/C26H46N2O3S/c1-3-5-6-7-8-9-10-11-12-13-14-15-16-17-21-24-26(29)28(27-32(30,31)4-2)25-22-19-18-20-23-25/h18-20,22-23,27H,3-17,21,24H2,1-2H3. The lowest BCUT2D eigenvalue weighted by Gasteiger charge is -2.23. The highest BCUT2D eigenvalue weighted by molar-refractivity contribution is 7.89. The number of benzene rings is 1. The third-order valence-electron chi connectivity index (χ3n) is 5.87. The van der Waals surface area contributed by atoms with E-state index < -0.39 is 10.0 Å². The molecule has 1 amide bonds. The maximum absolute atomic E-state index is 12.7. The van der Waals surface area contributed by atoms with Crippen LogP contribution in [0.15, 0.2) is 30.3 Å². The molecule has 0 bridgehead atoms. The molecular formula is C26H46N2O3S. The van der Waals surface area contributed by atoms with Gasteiger partial charge in [0.25, 0.3) is 0 Å². The highest BCUT2D eigenvalue weighted by Crippen LogP contribution is 2.16. The molecule has 0 radical (unpaired) electrons. The fraction of sp³-hybridized carbons (Fsp3) is 0.731. The summed E-state index contributed by atoms with van der Waals surface area (Å²) in [6, 6.07) is 8.91. The molecule has 6 heteroatoms. The molecule has 0 aliphatic carbocycles. The Kier molecular flexibility index (Phi) is 16.2. The van der Waals surface area contributed by atoms with Crippen LogP contribution in [-0.4, -0.2) is 20.1 Å². The summed E-state index contributed by atoms with van der Waals surface area (Å²) in [7, 11) is -3.52. The number of hydrogen-bond acceptors (Lipinski definition) is 3. The summed E-state index contributed by atoms with van der Waals surface area (Å²) in [5.74, 6) is -0.273. The van der Waals surface area contributed by atoms with Gasteiger partial charge in [-0.3, -0.25) is 4.79 Å². The minimum absolute atomic E-state index is 0.0669. The molecule has 0 spiro atoms. The summed E-state index contributed by atoms with van der Waals surface area (Å²) >= 11 is 0. The van der Waals surface area contributed by atoms with Crippen LogP contribution in [-0.2, 0) is 14.8 Å². The largest absolute Gasteiger partial charge is 0.273 e. The number of sulfonamides is 1. The maximum atomic E-state index is 12.7. The Balaban J connectivity index is 2.12. The predicted octanol–water partition coefficient (Wildman–Crippen LogP) is 7.14. The summed E-state index contributed by atoms with van der Waals surface area (Å²) in [6.45, 7) is 3.82. The van der Waals surface area contributed by atoms with Crippen LogP contribution >= 0.6 is 0 Å². The van der Waals surface area contributed by atoms with Crippen molar-refractivity contribution in [2.24, 2.45) is 0 Å². The van der Waals surface area contributed by atoms with Gasteiger partial charge in [-0.2, -0.15) is 0 Å². The molecule has 0 fully saturated rings. The molecule has 5 nitrogen and oxygen atoms in total. The van der Waals surface area contributed by atoms with Crippen LogP contribution in [0.1, 0.15) is 117 Å². The molecule has 0 atom stereocenters. The molecule has 0 aromatic heterocycles. The predicted molar refractivity (Wildman–Crippen MR) is 136 cm³/mol. The number of unbranched alkanes of at least 4 members (excludes halogenated alkanes) is 14.